The molecule has 1 aromatic rings. The van der Waals surface area contributed by atoms with Gasteiger partial charge >= 0.3 is 0 Å². The van der Waals surface area contributed by atoms with Crippen LogP contribution in [0.25, 0.3) is 0 Å². The molecule has 0 aliphatic carbocycles. The van der Waals surface area contributed by atoms with Crippen molar-refractivity contribution in [2.45, 2.75) is 19.8 Å². The van der Waals surface area contributed by atoms with Crippen molar-refractivity contribution in [2.24, 2.45) is 5.92 Å². The molecule has 2 rings (SSSR count). The quantitative estimate of drug-likeness (QED) is 0.856. The van der Waals surface area contributed by atoms with Crippen LogP contribution < -0.4 is 10.2 Å². The molecule has 1 aromatic carbocycles. The summed E-state index contributed by atoms with van der Waals surface area (Å²) in [6, 6.07) is 7.41. The lowest BCUT2D eigenvalue weighted by Gasteiger charge is -2.21. The molecule has 5 heteroatoms. The molecule has 0 saturated carbocycles. The van der Waals surface area contributed by atoms with E-state index in [0.29, 0.717) is 18.5 Å². The van der Waals surface area contributed by atoms with Gasteiger partial charge in [0.25, 0.3) is 0 Å². The third-order valence-corrected chi connectivity index (χ3v) is 3.45. The third kappa shape index (κ3) is 2.91. The van der Waals surface area contributed by atoms with Gasteiger partial charge in [-0.05, 0) is 24.6 Å². The van der Waals surface area contributed by atoms with Gasteiger partial charge in [0, 0.05) is 32.0 Å². The molecule has 2 N–H and O–H groups in total. The van der Waals surface area contributed by atoms with E-state index in [1.54, 1.807) is 17.0 Å². The molecule has 0 bridgehead atoms. The summed E-state index contributed by atoms with van der Waals surface area (Å²) >= 11 is 0. The van der Waals surface area contributed by atoms with Gasteiger partial charge in [-0.2, -0.15) is 5.26 Å². The van der Waals surface area contributed by atoms with Crippen LogP contribution in [0.15, 0.2) is 18.2 Å². The number of rotatable bonds is 5. The van der Waals surface area contributed by atoms with Crippen molar-refractivity contribution in [1.29, 1.82) is 5.26 Å². The Morgan fingerprint density at radius 2 is 2.35 bits per heavy atom. The molecule has 1 unspecified atom stereocenters. The standard InChI is InChI=1S/C15H19N3O2/c1-2-5-17-13-4-3-11(8-16)6-14(13)18-9-12(10-19)7-15(18)20/h3-4,6,12,17,19H,2,5,7,9-10H2,1H3. The minimum Gasteiger partial charge on any atom is -0.396 e. The van der Waals surface area contributed by atoms with Crippen LogP contribution in [-0.4, -0.2) is 30.7 Å². The SMILES string of the molecule is CCCNc1ccc(C#N)cc1N1CC(CO)CC1=O. The van der Waals surface area contributed by atoms with Crippen molar-refractivity contribution in [3.05, 3.63) is 23.8 Å². The third-order valence-electron chi connectivity index (χ3n) is 3.45. The molecule has 0 radical (unpaired) electrons. The number of nitrogens with one attached hydrogen (secondary N) is 1. The fourth-order valence-electron chi connectivity index (χ4n) is 2.37. The number of hydrogen-bond acceptors (Lipinski definition) is 4. The van der Waals surface area contributed by atoms with Gasteiger partial charge in [0.05, 0.1) is 23.0 Å². The maximum atomic E-state index is 12.1. The van der Waals surface area contributed by atoms with Crippen LogP contribution in [-0.2, 0) is 4.79 Å². The van der Waals surface area contributed by atoms with E-state index >= 15 is 0 Å². The molecule has 0 aromatic heterocycles. The number of aliphatic hydroxyl groups is 1. The van der Waals surface area contributed by atoms with Crippen LogP contribution >= 0.6 is 0 Å². The molecule has 0 spiro atoms. The molecule has 1 aliphatic rings. The lowest BCUT2D eigenvalue weighted by molar-refractivity contribution is -0.117. The first kappa shape index (κ1) is 14.4. The molecule has 1 heterocycles. The predicted molar refractivity (Wildman–Crippen MR) is 77.5 cm³/mol. The van der Waals surface area contributed by atoms with Crippen LogP contribution in [0.5, 0.6) is 0 Å². The molecule has 1 fully saturated rings. The number of aliphatic hydroxyl groups excluding tert-OH is 1. The predicted octanol–water partition coefficient (Wildman–Crippen LogP) is 1.73. The average molecular weight is 273 g/mol. The number of benzene rings is 1. The number of nitriles is 1. The van der Waals surface area contributed by atoms with Crippen molar-refractivity contribution >= 4 is 17.3 Å². The zero-order valence-electron chi connectivity index (χ0n) is 11.6. The van der Waals surface area contributed by atoms with Gasteiger partial charge in [-0.25, -0.2) is 0 Å². The summed E-state index contributed by atoms with van der Waals surface area (Å²) in [5.74, 6) is -0.0223. The van der Waals surface area contributed by atoms with Gasteiger partial charge in [0.1, 0.15) is 0 Å². The summed E-state index contributed by atoms with van der Waals surface area (Å²) in [4.78, 5) is 13.7. The Hall–Kier alpha value is -2.06. The minimum atomic E-state index is -0.0210. The van der Waals surface area contributed by atoms with Crippen LogP contribution in [0.2, 0.25) is 0 Å². The molecule has 1 atom stereocenters. The molecule has 106 valence electrons. The van der Waals surface area contributed by atoms with Gasteiger partial charge in [-0.15, -0.1) is 0 Å². The van der Waals surface area contributed by atoms with Crippen molar-refractivity contribution < 1.29 is 9.90 Å². The number of carbonyl (C=O) groups is 1. The van der Waals surface area contributed by atoms with Crippen molar-refractivity contribution in [2.75, 3.05) is 29.9 Å². The Kier molecular flexibility index (Phi) is 4.59. The van der Waals surface area contributed by atoms with Crippen LogP contribution in [0.3, 0.4) is 0 Å². The smallest absolute Gasteiger partial charge is 0.227 e. The summed E-state index contributed by atoms with van der Waals surface area (Å²) in [6.07, 6.45) is 1.34. The molecule has 20 heavy (non-hydrogen) atoms. The molecule has 1 saturated heterocycles. The average Bonchev–Trinajstić information content (AvgIpc) is 2.86. The Bertz CT molecular complexity index is 536. The molecule has 1 aliphatic heterocycles. The molecular weight excluding hydrogens is 254 g/mol. The maximum absolute atomic E-state index is 12.1. The lowest BCUT2D eigenvalue weighted by Crippen LogP contribution is -2.26. The number of anilines is 2. The first-order chi connectivity index (χ1) is 9.69. The Labute approximate surface area is 118 Å². The zero-order valence-corrected chi connectivity index (χ0v) is 11.6. The van der Waals surface area contributed by atoms with Gasteiger partial charge in [0.2, 0.25) is 5.91 Å². The van der Waals surface area contributed by atoms with Crippen LogP contribution in [0, 0.1) is 17.2 Å². The highest BCUT2D eigenvalue weighted by Crippen LogP contribution is 2.32. The number of nitrogens with zero attached hydrogens (tertiary/aromatic N) is 2. The highest BCUT2D eigenvalue weighted by molar-refractivity contribution is 5.99. The highest BCUT2D eigenvalue weighted by atomic mass is 16.3. The Morgan fingerprint density at radius 3 is 2.95 bits per heavy atom. The number of carbonyl (C=O) groups excluding carboxylic acids is 1. The first-order valence-corrected chi connectivity index (χ1v) is 6.88. The van der Waals surface area contributed by atoms with E-state index in [0.717, 1.165) is 24.3 Å². The van der Waals surface area contributed by atoms with E-state index in [9.17, 15) is 9.90 Å². The second-order valence-corrected chi connectivity index (χ2v) is 5.03. The van der Waals surface area contributed by atoms with Crippen molar-refractivity contribution in [3.8, 4) is 6.07 Å². The highest BCUT2D eigenvalue weighted by Gasteiger charge is 2.31. The van der Waals surface area contributed by atoms with E-state index in [2.05, 4.69) is 18.3 Å². The second kappa shape index (κ2) is 6.40. The molecule has 1 amide bonds. The molecular formula is C15H19N3O2. The summed E-state index contributed by atoms with van der Waals surface area (Å²) in [5, 5.41) is 21.5. The summed E-state index contributed by atoms with van der Waals surface area (Å²) in [5.41, 5.74) is 2.12. The van der Waals surface area contributed by atoms with E-state index in [-0.39, 0.29) is 18.4 Å². The fraction of sp³-hybridized carbons (Fsp3) is 0.467. The maximum Gasteiger partial charge on any atom is 0.227 e. The second-order valence-electron chi connectivity index (χ2n) is 5.03. The summed E-state index contributed by atoms with van der Waals surface area (Å²) in [7, 11) is 0. The number of amides is 1. The van der Waals surface area contributed by atoms with Crippen molar-refractivity contribution in [3.63, 3.8) is 0 Å². The monoisotopic (exact) mass is 273 g/mol. The fourth-order valence-corrected chi connectivity index (χ4v) is 2.37. The Balaban J connectivity index is 2.32. The first-order valence-electron chi connectivity index (χ1n) is 6.88. The van der Waals surface area contributed by atoms with Crippen LogP contribution in [0.1, 0.15) is 25.3 Å². The van der Waals surface area contributed by atoms with Crippen LogP contribution in [0.4, 0.5) is 11.4 Å². The van der Waals surface area contributed by atoms with Crippen molar-refractivity contribution in [1.82, 2.24) is 0 Å². The zero-order chi connectivity index (χ0) is 14.5. The van der Waals surface area contributed by atoms with Gasteiger partial charge in [0.15, 0.2) is 0 Å². The molecule has 5 nitrogen and oxygen atoms in total. The Morgan fingerprint density at radius 1 is 1.55 bits per heavy atom. The summed E-state index contributed by atoms with van der Waals surface area (Å²) in [6.45, 7) is 3.40. The van der Waals surface area contributed by atoms with Gasteiger partial charge in [-0.3, -0.25) is 4.79 Å². The van der Waals surface area contributed by atoms with Gasteiger partial charge < -0.3 is 15.3 Å². The lowest BCUT2D eigenvalue weighted by atomic mass is 10.1. The van der Waals surface area contributed by atoms with E-state index in [4.69, 9.17) is 5.26 Å². The van der Waals surface area contributed by atoms with E-state index in [1.807, 2.05) is 6.07 Å². The topological polar surface area (TPSA) is 76.4 Å². The largest absolute Gasteiger partial charge is 0.396 e. The summed E-state index contributed by atoms with van der Waals surface area (Å²) < 4.78 is 0. The van der Waals surface area contributed by atoms with E-state index in [1.165, 1.54) is 0 Å². The normalized spacial score (nSPS) is 18.1. The number of hydrogen-bond donors (Lipinski definition) is 2. The van der Waals surface area contributed by atoms with E-state index < -0.39 is 0 Å². The minimum absolute atomic E-state index is 0.00121. The van der Waals surface area contributed by atoms with Gasteiger partial charge in [-0.1, -0.05) is 6.92 Å².